The lowest BCUT2D eigenvalue weighted by molar-refractivity contribution is -0.147. The SMILES string of the molecule is O=C(Cc1cccs1)NCC1Cc2c(sc(NC(=O)C(=O)O)c2C(=O)O)CO1. The third-order valence-electron chi connectivity index (χ3n) is 4.05. The molecule has 1 aliphatic heterocycles. The van der Waals surface area contributed by atoms with Crippen molar-refractivity contribution in [2.75, 3.05) is 11.9 Å². The summed E-state index contributed by atoms with van der Waals surface area (Å²) in [4.78, 5) is 47.3. The largest absolute Gasteiger partial charge is 0.478 e. The standard InChI is InChI=1S/C17H16N2O7S2/c20-12(5-9-2-1-3-27-9)18-6-8-4-10-11(7-26-8)28-15(13(10)16(22)23)19-14(21)17(24)25/h1-3,8H,4-7H2,(H,18,20)(H,19,21)(H,22,23)(H,24,25). The molecule has 0 aromatic carbocycles. The summed E-state index contributed by atoms with van der Waals surface area (Å²) >= 11 is 2.46. The van der Waals surface area contributed by atoms with Crippen LogP contribution in [0.5, 0.6) is 0 Å². The van der Waals surface area contributed by atoms with Gasteiger partial charge in [-0.3, -0.25) is 9.59 Å². The fourth-order valence-corrected chi connectivity index (χ4v) is 4.63. The maximum absolute atomic E-state index is 12.0. The molecule has 148 valence electrons. The molecule has 1 atom stereocenters. The van der Waals surface area contributed by atoms with Gasteiger partial charge in [0.15, 0.2) is 0 Å². The topological polar surface area (TPSA) is 142 Å². The summed E-state index contributed by atoms with van der Waals surface area (Å²) < 4.78 is 5.67. The normalized spacial score (nSPS) is 15.5. The Morgan fingerprint density at radius 3 is 2.68 bits per heavy atom. The molecular formula is C17H16N2O7S2. The highest BCUT2D eigenvalue weighted by molar-refractivity contribution is 7.17. The van der Waals surface area contributed by atoms with Gasteiger partial charge < -0.3 is 25.6 Å². The Kier molecular flexibility index (Phi) is 6.07. The van der Waals surface area contributed by atoms with E-state index in [0.717, 1.165) is 16.2 Å². The molecule has 3 rings (SSSR count). The minimum atomic E-state index is -1.70. The summed E-state index contributed by atoms with van der Waals surface area (Å²) in [5.41, 5.74) is 0.356. The van der Waals surface area contributed by atoms with E-state index in [4.69, 9.17) is 9.84 Å². The number of aliphatic carboxylic acids is 1. The van der Waals surface area contributed by atoms with E-state index in [1.165, 1.54) is 11.3 Å². The quantitative estimate of drug-likeness (QED) is 0.513. The van der Waals surface area contributed by atoms with Gasteiger partial charge >= 0.3 is 17.8 Å². The lowest BCUT2D eigenvalue weighted by Crippen LogP contribution is -2.37. The Bertz CT molecular complexity index is 920. The van der Waals surface area contributed by atoms with E-state index < -0.39 is 23.9 Å². The molecule has 2 aromatic heterocycles. The van der Waals surface area contributed by atoms with Crippen LogP contribution < -0.4 is 10.6 Å². The van der Waals surface area contributed by atoms with Crippen molar-refractivity contribution in [2.24, 2.45) is 0 Å². The molecule has 0 saturated carbocycles. The number of carbonyl (C=O) groups excluding carboxylic acids is 2. The Morgan fingerprint density at radius 2 is 2.04 bits per heavy atom. The van der Waals surface area contributed by atoms with Gasteiger partial charge in [-0.2, -0.15) is 0 Å². The van der Waals surface area contributed by atoms with Crippen LogP contribution in [0.3, 0.4) is 0 Å². The van der Waals surface area contributed by atoms with Crippen molar-refractivity contribution < 1.29 is 34.1 Å². The summed E-state index contributed by atoms with van der Waals surface area (Å²) in [5, 5.41) is 25.0. The monoisotopic (exact) mass is 424 g/mol. The van der Waals surface area contributed by atoms with Crippen molar-refractivity contribution in [3.8, 4) is 0 Å². The maximum Gasteiger partial charge on any atom is 0.394 e. The third kappa shape index (κ3) is 4.55. The van der Waals surface area contributed by atoms with E-state index in [-0.39, 0.29) is 42.5 Å². The smallest absolute Gasteiger partial charge is 0.394 e. The first kappa shape index (κ1) is 20.0. The zero-order valence-electron chi connectivity index (χ0n) is 14.4. The second-order valence-corrected chi connectivity index (χ2v) is 8.11. The van der Waals surface area contributed by atoms with Crippen molar-refractivity contribution in [3.63, 3.8) is 0 Å². The molecular weight excluding hydrogens is 408 g/mol. The van der Waals surface area contributed by atoms with Gasteiger partial charge in [-0.15, -0.1) is 22.7 Å². The van der Waals surface area contributed by atoms with Gasteiger partial charge in [-0.1, -0.05) is 6.07 Å². The Morgan fingerprint density at radius 1 is 1.25 bits per heavy atom. The van der Waals surface area contributed by atoms with Crippen LogP contribution in [0.2, 0.25) is 0 Å². The summed E-state index contributed by atoms with van der Waals surface area (Å²) in [6.07, 6.45) is 0.0747. The summed E-state index contributed by atoms with van der Waals surface area (Å²) in [6, 6.07) is 3.73. The zero-order valence-corrected chi connectivity index (χ0v) is 16.0. The molecule has 1 unspecified atom stereocenters. The molecule has 0 radical (unpaired) electrons. The minimum absolute atomic E-state index is 0.0316. The van der Waals surface area contributed by atoms with E-state index in [0.29, 0.717) is 10.4 Å². The average molecular weight is 424 g/mol. The van der Waals surface area contributed by atoms with Crippen molar-refractivity contribution in [3.05, 3.63) is 38.4 Å². The van der Waals surface area contributed by atoms with Crippen LogP contribution in [0, 0.1) is 0 Å². The van der Waals surface area contributed by atoms with Crippen LogP contribution in [0.4, 0.5) is 5.00 Å². The number of carbonyl (C=O) groups is 4. The first-order valence-corrected chi connectivity index (χ1v) is 9.87. The number of carboxylic acids is 2. The number of rotatable bonds is 6. The minimum Gasteiger partial charge on any atom is -0.478 e. The molecule has 3 heterocycles. The lowest BCUT2D eigenvalue weighted by atomic mass is 10.0. The number of thiophene rings is 2. The van der Waals surface area contributed by atoms with Crippen molar-refractivity contribution in [1.29, 1.82) is 0 Å². The highest BCUT2D eigenvalue weighted by Gasteiger charge is 2.31. The average Bonchev–Trinajstić information content (AvgIpc) is 3.26. The molecule has 11 heteroatoms. The number of nitrogens with one attached hydrogen (secondary N) is 2. The third-order valence-corrected chi connectivity index (χ3v) is 6.05. The van der Waals surface area contributed by atoms with E-state index in [2.05, 4.69) is 10.6 Å². The van der Waals surface area contributed by atoms with Gasteiger partial charge in [0.1, 0.15) is 5.00 Å². The van der Waals surface area contributed by atoms with Crippen LogP contribution >= 0.6 is 22.7 Å². The predicted octanol–water partition coefficient (Wildman–Crippen LogP) is 1.33. The number of hydrogen-bond donors (Lipinski definition) is 4. The maximum atomic E-state index is 12.0. The number of aromatic carboxylic acids is 1. The fraction of sp³-hybridized carbons (Fsp3) is 0.294. The van der Waals surface area contributed by atoms with Gasteiger partial charge in [-0.25, -0.2) is 9.59 Å². The molecule has 0 aliphatic carbocycles. The number of amides is 2. The summed E-state index contributed by atoms with van der Waals surface area (Å²) in [6.45, 7) is 0.337. The molecule has 0 bridgehead atoms. The van der Waals surface area contributed by atoms with Crippen LogP contribution in [-0.4, -0.2) is 46.6 Å². The van der Waals surface area contributed by atoms with Crippen LogP contribution in [0.1, 0.15) is 25.7 Å². The molecule has 2 aromatic rings. The molecule has 9 nitrogen and oxygen atoms in total. The van der Waals surface area contributed by atoms with E-state index in [9.17, 15) is 24.3 Å². The Labute approximate surface area is 166 Å². The van der Waals surface area contributed by atoms with Gasteiger partial charge in [0.25, 0.3) is 0 Å². The van der Waals surface area contributed by atoms with Crippen LogP contribution in [-0.2, 0) is 38.6 Å². The first-order chi connectivity index (χ1) is 13.3. The molecule has 0 saturated heterocycles. The van der Waals surface area contributed by atoms with Crippen molar-refractivity contribution in [1.82, 2.24) is 5.32 Å². The highest BCUT2D eigenvalue weighted by atomic mass is 32.1. The highest BCUT2D eigenvalue weighted by Crippen LogP contribution is 2.37. The Balaban J connectivity index is 1.67. The number of ether oxygens (including phenoxy) is 1. The Hall–Kier alpha value is -2.76. The molecule has 2 amide bonds. The van der Waals surface area contributed by atoms with E-state index in [1.807, 2.05) is 17.5 Å². The predicted molar refractivity (Wildman–Crippen MR) is 101 cm³/mol. The van der Waals surface area contributed by atoms with Crippen LogP contribution in [0.25, 0.3) is 0 Å². The first-order valence-electron chi connectivity index (χ1n) is 8.18. The fourth-order valence-electron chi connectivity index (χ4n) is 2.79. The molecule has 28 heavy (non-hydrogen) atoms. The lowest BCUT2D eigenvalue weighted by Gasteiger charge is -2.23. The number of fused-ring (bicyclic) bond motifs is 1. The second-order valence-electron chi connectivity index (χ2n) is 5.97. The summed E-state index contributed by atoms with van der Waals surface area (Å²) in [5.74, 6) is -4.43. The van der Waals surface area contributed by atoms with Gasteiger partial charge in [0, 0.05) is 22.7 Å². The summed E-state index contributed by atoms with van der Waals surface area (Å²) in [7, 11) is 0. The molecule has 0 fully saturated rings. The zero-order chi connectivity index (χ0) is 20.3. The number of hydrogen-bond acceptors (Lipinski definition) is 7. The van der Waals surface area contributed by atoms with Gasteiger partial charge in [0.05, 0.1) is 24.7 Å². The van der Waals surface area contributed by atoms with Crippen LogP contribution in [0.15, 0.2) is 17.5 Å². The van der Waals surface area contributed by atoms with Gasteiger partial charge in [0.2, 0.25) is 5.91 Å². The van der Waals surface area contributed by atoms with Gasteiger partial charge in [-0.05, 0) is 17.0 Å². The number of anilines is 1. The van der Waals surface area contributed by atoms with E-state index >= 15 is 0 Å². The van der Waals surface area contributed by atoms with Crippen molar-refractivity contribution in [2.45, 2.75) is 25.6 Å². The molecule has 1 aliphatic rings. The number of carboxylic acid groups (broad SMARTS) is 2. The molecule has 0 spiro atoms. The second kappa shape index (κ2) is 8.50. The molecule has 4 N–H and O–H groups in total. The van der Waals surface area contributed by atoms with E-state index in [1.54, 1.807) is 0 Å². The van der Waals surface area contributed by atoms with Crippen molar-refractivity contribution >= 4 is 51.4 Å².